The number of carboxylic acids is 1. The van der Waals surface area contributed by atoms with E-state index in [0.29, 0.717) is 5.69 Å². The van der Waals surface area contributed by atoms with Gasteiger partial charge < -0.3 is 5.11 Å². The first-order valence-corrected chi connectivity index (χ1v) is 4.43. The lowest BCUT2D eigenvalue weighted by atomic mass is 10.3. The van der Waals surface area contributed by atoms with Gasteiger partial charge in [0.2, 0.25) is 5.82 Å². The maximum Gasteiger partial charge on any atom is 0.380 e. The summed E-state index contributed by atoms with van der Waals surface area (Å²) < 4.78 is 1.19. The van der Waals surface area contributed by atoms with Gasteiger partial charge in [0.25, 0.3) is 0 Å². The topological polar surface area (TPSA) is 85.1 Å². The molecule has 0 amide bonds. The number of nitrogens with zero attached hydrogens (tertiary/aromatic N) is 3. The molecule has 0 saturated carbocycles. The molecule has 0 aliphatic heterocycles. The number of benzene rings is 1. The largest absolute Gasteiger partial charge is 0.475 e. The van der Waals surface area contributed by atoms with Crippen molar-refractivity contribution < 1.29 is 14.7 Å². The number of hydrogen-bond donors (Lipinski definition) is 1. The molecule has 0 aliphatic rings. The Morgan fingerprint density at radius 3 is 2.50 bits per heavy atom. The average Bonchev–Trinajstić information content (AvgIpc) is 2.77. The molecular weight excluding hydrogens is 210 g/mol. The highest BCUT2D eigenvalue weighted by Crippen LogP contribution is 2.08. The normalized spacial score (nSPS) is 10.0. The van der Waals surface area contributed by atoms with E-state index in [4.69, 9.17) is 5.11 Å². The third kappa shape index (κ3) is 1.68. The van der Waals surface area contributed by atoms with E-state index in [1.165, 1.54) is 4.68 Å². The molecule has 6 nitrogen and oxygen atoms in total. The minimum atomic E-state index is -1.55. The first-order chi connectivity index (χ1) is 7.70. The van der Waals surface area contributed by atoms with E-state index >= 15 is 0 Å². The van der Waals surface area contributed by atoms with Crippen LogP contribution in [0.1, 0.15) is 10.6 Å². The molecule has 0 saturated heterocycles. The fourth-order valence-electron chi connectivity index (χ4n) is 1.25. The highest BCUT2D eigenvalue weighted by Gasteiger charge is 2.21. The van der Waals surface area contributed by atoms with Crippen molar-refractivity contribution in [3.8, 4) is 5.69 Å². The van der Waals surface area contributed by atoms with Gasteiger partial charge in [0, 0.05) is 0 Å². The minimum Gasteiger partial charge on any atom is -0.475 e. The molecule has 1 aromatic heterocycles. The molecule has 0 atom stereocenters. The van der Waals surface area contributed by atoms with Crippen LogP contribution in [0.4, 0.5) is 0 Å². The molecule has 0 radical (unpaired) electrons. The lowest BCUT2D eigenvalue weighted by molar-refractivity contribution is -0.131. The van der Waals surface area contributed by atoms with Crippen LogP contribution >= 0.6 is 0 Å². The van der Waals surface area contributed by atoms with Crippen molar-refractivity contribution in [3.05, 3.63) is 42.5 Å². The molecule has 1 N–H and O–H groups in total. The Labute approximate surface area is 90.2 Å². The van der Waals surface area contributed by atoms with E-state index < -0.39 is 11.8 Å². The molecular formula is C10H7N3O3. The number of carbonyl (C=O) groups is 2. The zero-order valence-corrected chi connectivity index (χ0v) is 8.07. The molecule has 0 bridgehead atoms. The number of rotatable bonds is 3. The first kappa shape index (κ1) is 10.0. The molecule has 0 fully saturated rings. The summed E-state index contributed by atoms with van der Waals surface area (Å²) >= 11 is 0. The standard InChI is InChI=1S/C10H7N3O3/c14-8(10(15)16)9-11-6-12-13(9)7-4-2-1-3-5-7/h1-6H,(H,15,16). The summed E-state index contributed by atoms with van der Waals surface area (Å²) in [6, 6.07) is 8.72. The van der Waals surface area contributed by atoms with Crippen LogP contribution in [0.3, 0.4) is 0 Å². The fraction of sp³-hybridized carbons (Fsp3) is 0. The lowest BCUT2D eigenvalue weighted by Crippen LogP contribution is -2.18. The van der Waals surface area contributed by atoms with E-state index in [1.807, 2.05) is 0 Å². The van der Waals surface area contributed by atoms with Gasteiger partial charge in [-0.05, 0) is 12.1 Å². The molecule has 2 rings (SSSR count). The maximum atomic E-state index is 11.3. The van der Waals surface area contributed by atoms with E-state index in [2.05, 4.69) is 10.1 Å². The zero-order valence-electron chi connectivity index (χ0n) is 8.07. The Kier molecular flexibility index (Phi) is 2.47. The molecule has 1 heterocycles. The Morgan fingerprint density at radius 2 is 1.88 bits per heavy atom. The second-order valence-electron chi connectivity index (χ2n) is 2.97. The van der Waals surface area contributed by atoms with E-state index in [-0.39, 0.29) is 5.82 Å². The number of aromatic nitrogens is 3. The van der Waals surface area contributed by atoms with Crippen molar-refractivity contribution in [2.75, 3.05) is 0 Å². The zero-order chi connectivity index (χ0) is 11.5. The summed E-state index contributed by atoms with van der Waals surface area (Å²) in [5, 5.41) is 12.4. The number of carboxylic acid groups (broad SMARTS) is 1. The highest BCUT2D eigenvalue weighted by molar-refractivity contribution is 6.38. The summed E-state index contributed by atoms with van der Waals surface area (Å²) in [6.07, 6.45) is 1.14. The van der Waals surface area contributed by atoms with Gasteiger partial charge in [0.15, 0.2) is 0 Å². The third-order valence-corrected chi connectivity index (χ3v) is 1.95. The van der Waals surface area contributed by atoms with Gasteiger partial charge in [-0.1, -0.05) is 18.2 Å². The number of ketones is 1. The summed E-state index contributed by atoms with van der Waals surface area (Å²) in [7, 11) is 0. The van der Waals surface area contributed by atoms with Crippen molar-refractivity contribution in [1.29, 1.82) is 0 Å². The molecule has 6 heteroatoms. The van der Waals surface area contributed by atoms with Crippen molar-refractivity contribution in [2.24, 2.45) is 0 Å². The Balaban J connectivity index is 2.48. The first-order valence-electron chi connectivity index (χ1n) is 4.43. The Morgan fingerprint density at radius 1 is 1.19 bits per heavy atom. The van der Waals surface area contributed by atoms with Crippen LogP contribution in [0, 0.1) is 0 Å². The predicted molar refractivity (Wildman–Crippen MR) is 53.3 cm³/mol. The van der Waals surface area contributed by atoms with Crippen LogP contribution in [-0.4, -0.2) is 31.6 Å². The summed E-state index contributed by atoms with van der Waals surface area (Å²) in [5.74, 6) is -2.84. The third-order valence-electron chi connectivity index (χ3n) is 1.95. The smallest absolute Gasteiger partial charge is 0.380 e. The summed E-state index contributed by atoms with van der Waals surface area (Å²) in [6.45, 7) is 0. The molecule has 80 valence electrons. The number of Topliss-reactive ketones (excluding diaryl/α,β-unsaturated/α-hetero) is 1. The van der Waals surface area contributed by atoms with Gasteiger partial charge in [-0.15, -0.1) is 0 Å². The SMILES string of the molecule is O=C(O)C(=O)c1ncnn1-c1ccccc1. The number of hydrogen-bond acceptors (Lipinski definition) is 4. The quantitative estimate of drug-likeness (QED) is 0.598. The summed E-state index contributed by atoms with van der Waals surface area (Å²) in [4.78, 5) is 25.5. The van der Waals surface area contributed by atoms with Crippen molar-refractivity contribution in [3.63, 3.8) is 0 Å². The predicted octanol–water partition coefficient (Wildman–Crippen LogP) is 0.535. The van der Waals surface area contributed by atoms with Crippen LogP contribution in [0.25, 0.3) is 5.69 Å². The van der Waals surface area contributed by atoms with Crippen molar-refractivity contribution in [2.45, 2.75) is 0 Å². The van der Waals surface area contributed by atoms with Gasteiger partial charge >= 0.3 is 11.8 Å². The molecule has 0 unspecified atom stereocenters. The molecule has 1 aromatic carbocycles. The van der Waals surface area contributed by atoms with Crippen LogP contribution in [0.2, 0.25) is 0 Å². The molecule has 16 heavy (non-hydrogen) atoms. The lowest BCUT2D eigenvalue weighted by Gasteiger charge is -2.02. The van der Waals surface area contributed by atoms with Crippen molar-refractivity contribution >= 4 is 11.8 Å². The number of aliphatic carboxylic acids is 1. The second-order valence-corrected chi connectivity index (χ2v) is 2.97. The summed E-state index contributed by atoms with van der Waals surface area (Å²) in [5.41, 5.74) is 0.588. The van der Waals surface area contributed by atoms with Crippen LogP contribution in [-0.2, 0) is 4.79 Å². The second kappa shape index (κ2) is 3.93. The van der Waals surface area contributed by atoms with E-state index in [1.54, 1.807) is 30.3 Å². The van der Waals surface area contributed by atoms with Gasteiger partial charge in [0.05, 0.1) is 5.69 Å². The monoisotopic (exact) mass is 217 g/mol. The maximum absolute atomic E-state index is 11.3. The number of carbonyl (C=O) groups excluding carboxylic acids is 1. The average molecular weight is 217 g/mol. The van der Waals surface area contributed by atoms with E-state index in [0.717, 1.165) is 6.33 Å². The van der Waals surface area contributed by atoms with Gasteiger partial charge in [0.1, 0.15) is 6.33 Å². The van der Waals surface area contributed by atoms with Gasteiger partial charge in [-0.2, -0.15) is 5.10 Å². The number of para-hydroxylation sites is 1. The van der Waals surface area contributed by atoms with Crippen LogP contribution in [0.5, 0.6) is 0 Å². The van der Waals surface area contributed by atoms with Gasteiger partial charge in [-0.3, -0.25) is 4.79 Å². The molecule has 2 aromatic rings. The highest BCUT2D eigenvalue weighted by atomic mass is 16.4. The van der Waals surface area contributed by atoms with Crippen LogP contribution < -0.4 is 0 Å². The van der Waals surface area contributed by atoms with E-state index in [9.17, 15) is 9.59 Å². The minimum absolute atomic E-state index is 0.210. The fourth-order valence-corrected chi connectivity index (χ4v) is 1.25. The Hall–Kier alpha value is -2.50. The molecule has 0 spiro atoms. The van der Waals surface area contributed by atoms with Gasteiger partial charge in [-0.25, -0.2) is 14.5 Å². The Bertz CT molecular complexity index is 533. The van der Waals surface area contributed by atoms with Crippen LogP contribution in [0.15, 0.2) is 36.7 Å². The van der Waals surface area contributed by atoms with Crippen molar-refractivity contribution in [1.82, 2.24) is 14.8 Å². The molecule has 0 aliphatic carbocycles.